The summed E-state index contributed by atoms with van der Waals surface area (Å²) in [5, 5.41) is 0. The molecule has 0 radical (unpaired) electrons. The van der Waals surface area contributed by atoms with Crippen LogP contribution in [0.2, 0.25) is 0 Å². The fourth-order valence-electron chi connectivity index (χ4n) is 3.93. The molecule has 0 saturated carbocycles. The van der Waals surface area contributed by atoms with Gasteiger partial charge in [0.25, 0.3) is 0 Å². The third kappa shape index (κ3) is 4.77. The van der Waals surface area contributed by atoms with Gasteiger partial charge in [0, 0.05) is 45.6 Å². The van der Waals surface area contributed by atoms with Crippen molar-refractivity contribution in [3.63, 3.8) is 0 Å². The van der Waals surface area contributed by atoms with Gasteiger partial charge in [0.15, 0.2) is 5.79 Å². The van der Waals surface area contributed by atoms with Gasteiger partial charge in [-0.05, 0) is 29.8 Å². The third-order valence-electron chi connectivity index (χ3n) is 5.65. The summed E-state index contributed by atoms with van der Waals surface area (Å²) in [6, 6.07) is 10.3. The number of ether oxygens (including phenoxy) is 2. The molecule has 1 aromatic carbocycles. The molecule has 0 unspecified atom stereocenters. The highest BCUT2D eigenvalue weighted by Gasteiger charge is 2.37. The predicted molar refractivity (Wildman–Crippen MR) is 111 cm³/mol. The molecule has 0 amide bonds. The van der Waals surface area contributed by atoms with Crippen LogP contribution in [0, 0.1) is 5.82 Å². The van der Waals surface area contributed by atoms with E-state index in [1.54, 1.807) is 18.2 Å². The smallest absolute Gasteiger partial charge is 0.173 e. The van der Waals surface area contributed by atoms with Crippen LogP contribution in [-0.4, -0.2) is 61.6 Å². The second-order valence-corrected chi connectivity index (χ2v) is 7.63. The zero-order chi connectivity index (χ0) is 20.3. The zero-order valence-electron chi connectivity index (χ0n) is 16.5. The number of anilines is 3. The van der Waals surface area contributed by atoms with Crippen LogP contribution in [0.15, 0.2) is 36.4 Å². The van der Waals surface area contributed by atoms with Crippen LogP contribution in [0.5, 0.6) is 0 Å². The molecule has 0 spiro atoms. The molecule has 0 atom stereocenters. The first kappa shape index (κ1) is 19.9. The second-order valence-electron chi connectivity index (χ2n) is 7.63. The van der Waals surface area contributed by atoms with Gasteiger partial charge in [0.05, 0.1) is 18.9 Å². The van der Waals surface area contributed by atoms with E-state index in [1.807, 2.05) is 6.07 Å². The lowest BCUT2D eigenvalue weighted by Gasteiger charge is -2.37. The first-order valence-electron chi connectivity index (χ1n) is 10.0. The highest BCUT2D eigenvalue weighted by molar-refractivity contribution is 5.62. The molecule has 29 heavy (non-hydrogen) atoms. The van der Waals surface area contributed by atoms with Gasteiger partial charge in [-0.2, -0.15) is 0 Å². The van der Waals surface area contributed by atoms with Gasteiger partial charge in [-0.25, -0.2) is 9.37 Å². The largest absolute Gasteiger partial charge is 0.396 e. The molecule has 2 saturated heterocycles. The molecular weight excluding hydrogens is 373 g/mol. The van der Waals surface area contributed by atoms with Crippen molar-refractivity contribution in [2.75, 3.05) is 62.3 Å². The summed E-state index contributed by atoms with van der Waals surface area (Å²) in [5.74, 6) is 0.392. The van der Waals surface area contributed by atoms with E-state index in [9.17, 15) is 4.39 Å². The summed E-state index contributed by atoms with van der Waals surface area (Å²) in [5.41, 5.74) is 13.1. The molecule has 7 nitrogen and oxygen atoms in total. The first-order chi connectivity index (χ1) is 14.0. The van der Waals surface area contributed by atoms with Crippen molar-refractivity contribution >= 4 is 17.3 Å². The Kier molecular flexibility index (Phi) is 5.84. The van der Waals surface area contributed by atoms with Crippen LogP contribution >= 0.6 is 0 Å². The Morgan fingerprint density at radius 1 is 0.966 bits per heavy atom. The number of nitrogen functional groups attached to an aromatic ring is 2. The number of benzene rings is 1. The van der Waals surface area contributed by atoms with Crippen LogP contribution in [-0.2, 0) is 15.9 Å². The van der Waals surface area contributed by atoms with Gasteiger partial charge in [-0.15, -0.1) is 0 Å². The number of hydrogen-bond acceptors (Lipinski definition) is 7. The molecule has 2 aliphatic heterocycles. The minimum absolute atomic E-state index is 0.230. The minimum Gasteiger partial charge on any atom is -0.396 e. The lowest BCUT2D eigenvalue weighted by molar-refractivity contribution is -0.163. The Morgan fingerprint density at radius 3 is 2.31 bits per heavy atom. The Labute approximate surface area is 170 Å². The monoisotopic (exact) mass is 401 g/mol. The zero-order valence-corrected chi connectivity index (χ0v) is 16.5. The maximum Gasteiger partial charge on any atom is 0.173 e. The third-order valence-corrected chi connectivity index (χ3v) is 5.65. The second kappa shape index (κ2) is 8.52. The number of nitrogens with two attached hydrogens (primary N) is 2. The Bertz CT molecular complexity index is 818. The molecule has 156 valence electrons. The van der Waals surface area contributed by atoms with E-state index < -0.39 is 5.79 Å². The van der Waals surface area contributed by atoms with E-state index in [0.29, 0.717) is 31.1 Å². The maximum absolute atomic E-state index is 13.2. The Balaban J connectivity index is 1.31. The standard InChI is InChI=1S/C21H28FN5O2/c22-17-3-1-16(2-4-17)15-21(28-13-14-29-21)7-8-26-9-11-27(12-10-26)19-6-5-18(23)20(24)25-19/h1-6H,7-15,23H2,(H2,24,25). The fourth-order valence-corrected chi connectivity index (χ4v) is 3.93. The predicted octanol–water partition coefficient (Wildman–Crippen LogP) is 1.88. The lowest BCUT2D eigenvalue weighted by Crippen LogP contribution is -2.48. The summed E-state index contributed by atoms with van der Waals surface area (Å²) in [6.45, 7) is 5.69. The molecule has 4 rings (SSSR count). The fraction of sp³-hybridized carbons (Fsp3) is 0.476. The van der Waals surface area contributed by atoms with Crippen molar-refractivity contribution in [1.82, 2.24) is 9.88 Å². The van der Waals surface area contributed by atoms with Crippen molar-refractivity contribution in [1.29, 1.82) is 0 Å². The molecule has 2 fully saturated rings. The summed E-state index contributed by atoms with van der Waals surface area (Å²) >= 11 is 0. The molecule has 2 aromatic rings. The summed E-state index contributed by atoms with van der Waals surface area (Å²) in [6.07, 6.45) is 1.40. The van der Waals surface area contributed by atoms with Crippen LogP contribution in [0.25, 0.3) is 0 Å². The molecular formula is C21H28FN5O2. The van der Waals surface area contributed by atoms with Crippen molar-refractivity contribution < 1.29 is 13.9 Å². The molecule has 1 aromatic heterocycles. The summed E-state index contributed by atoms with van der Waals surface area (Å²) in [7, 11) is 0. The van der Waals surface area contributed by atoms with Gasteiger partial charge in [0.2, 0.25) is 0 Å². The SMILES string of the molecule is Nc1ccc(N2CCN(CCC3(Cc4ccc(F)cc4)OCCO3)CC2)nc1N. The van der Waals surface area contributed by atoms with Crippen LogP contribution in [0.1, 0.15) is 12.0 Å². The first-order valence-corrected chi connectivity index (χ1v) is 10.0. The lowest BCUT2D eigenvalue weighted by atomic mass is 10.0. The molecule has 3 heterocycles. The van der Waals surface area contributed by atoms with Gasteiger partial charge >= 0.3 is 0 Å². The van der Waals surface area contributed by atoms with Gasteiger partial charge in [-0.1, -0.05) is 12.1 Å². The topological polar surface area (TPSA) is 89.9 Å². The Morgan fingerprint density at radius 2 is 1.66 bits per heavy atom. The Hall–Kier alpha value is -2.42. The van der Waals surface area contributed by atoms with Crippen LogP contribution in [0.4, 0.5) is 21.7 Å². The minimum atomic E-state index is -0.623. The van der Waals surface area contributed by atoms with E-state index in [2.05, 4.69) is 14.8 Å². The summed E-state index contributed by atoms with van der Waals surface area (Å²) < 4.78 is 25.2. The quantitative estimate of drug-likeness (QED) is 0.764. The molecule has 0 bridgehead atoms. The van der Waals surface area contributed by atoms with E-state index in [1.165, 1.54) is 12.1 Å². The number of nitrogens with zero attached hydrogens (tertiary/aromatic N) is 3. The molecule has 4 N–H and O–H groups in total. The molecule has 8 heteroatoms. The number of pyridine rings is 1. The highest BCUT2D eigenvalue weighted by Crippen LogP contribution is 2.29. The number of piperazine rings is 1. The van der Waals surface area contributed by atoms with Gasteiger partial charge in [0.1, 0.15) is 17.5 Å². The molecule has 0 aliphatic carbocycles. The van der Waals surface area contributed by atoms with E-state index in [4.69, 9.17) is 20.9 Å². The number of hydrogen-bond donors (Lipinski definition) is 2. The van der Waals surface area contributed by atoms with Crippen LogP contribution < -0.4 is 16.4 Å². The maximum atomic E-state index is 13.2. The normalized spacial score (nSPS) is 19.6. The number of rotatable bonds is 6. The van der Waals surface area contributed by atoms with E-state index in [-0.39, 0.29) is 5.82 Å². The van der Waals surface area contributed by atoms with E-state index >= 15 is 0 Å². The van der Waals surface area contributed by atoms with Gasteiger partial charge < -0.3 is 25.8 Å². The van der Waals surface area contributed by atoms with Crippen LogP contribution in [0.3, 0.4) is 0 Å². The van der Waals surface area contributed by atoms with Crippen molar-refractivity contribution in [2.24, 2.45) is 0 Å². The highest BCUT2D eigenvalue weighted by atomic mass is 19.1. The van der Waals surface area contributed by atoms with Crippen molar-refractivity contribution in [2.45, 2.75) is 18.6 Å². The number of aromatic nitrogens is 1. The summed E-state index contributed by atoms with van der Waals surface area (Å²) in [4.78, 5) is 9.02. The van der Waals surface area contributed by atoms with Gasteiger partial charge in [-0.3, -0.25) is 4.90 Å². The molecule has 2 aliphatic rings. The average Bonchev–Trinajstić information content (AvgIpc) is 3.19. The van der Waals surface area contributed by atoms with Crippen molar-refractivity contribution in [3.05, 3.63) is 47.8 Å². The van der Waals surface area contributed by atoms with Crippen molar-refractivity contribution in [3.8, 4) is 0 Å². The van der Waals surface area contributed by atoms with E-state index in [0.717, 1.165) is 50.5 Å². The number of halogens is 1. The average molecular weight is 401 g/mol.